The Morgan fingerprint density at radius 2 is 1.12 bits per heavy atom. The van der Waals surface area contributed by atoms with Gasteiger partial charge in [-0.1, -0.05) is 0 Å². The van der Waals surface area contributed by atoms with Gasteiger partial charge >= 0.3 is 23.6 Å². The van der Waals surface area contributed by atoms with E-state index in [1.807, 2.05) is 0 Å². The van der Waals surface area contributed by atoms with E-state index in [4.69, 9.17) is 33.2 Å². The summed E-state index contributed by atoms with van der Waals surface area (Å²) in [4.78, 5) is 0. The summed E-state index contributed by atoms with van der Waals surface area (Å²) in [7, 11) is 0. The van der Waals surface area contributed by atoms with Crippen LogP contribution in [0.3, 0.4) is 0 Å². The molecule has 0 radical (unpaired) electrons. The maximum Gasteiger partial charge on any atom is 0.424 e. The van der Waals surface area contributed by atoms with Gasteiger partial charge in [-0.3, -0.25) is 0 Å². The van der Waals surface area contributed by atoms with Crippen molar-refractivity contribution < 1.29 is 30.7 Å². The quantitative estimate of drug-likeness (QED) is 0.394. The molecule has 0 saturated heterocycles. The Bertz CT molecular complexity index is 245. The van der Waals surface area contributed by atoms with Gasteiger partial charge < -0.3 is 0 Å². The number of hydrogen-bond acceptors (Lipinski definition) is 0. The van der Waals surface area contributed by atoms with E-state index in [0.29, 0.717) is 0 Å². The molecule has 0 aliphatic rings. The summed E-state index contributed by atoms with van der Waals surface area (Å²) in [5.74, 6) is -5.00. The van der Waals surface area contributed by atoms with Crippen molar-refractivity contribution in [1.29, 1.82) is 0 Å². The van der Waals surface area contributed by atoms with E-state index in [-0.39, 0.29) is 0 Å². The molecular weight excluding hydrogens is 327 g/mol. The highest BCUT2D eigenvalue weighted by atomic mass is 35.8. The lowest BCUT2D eigenvalue weighted by atomic mass is 10.2. The standard InChI is InChI=1S/C5H4Cl3F7Si/c6-16(7,8)5(14,15)3(9,10)1-2-4(11,12)13/h1-2H2. The van der Waals surface area contributed by atoms with E-state index < -0.39 is 36.5 Å². The maximum atomic E-state index is 12.8. The SMILES string of the molecule is FC(F)(F)CCC(F)(F)C(F)(F)[Si](Cl)(Cl)Cl. The fourth-order valence-corrected chi connectivity index (χ4v) is 2.45. The van der Waals surface area contributed by atoms with Crippen LogP contribution in [0, 0.1) is 0 Å². The van der Waals surface area contributed by atoms with Crippen molar-refractivity contribution in [3.8, 4) is 0 Å². The Morgan fingerprint density at radius 3 is 1.38 bits per heavy atom. The lowest BCUT2D eigenvalue weighted by Crippen LogP contribution is -2.53. The molecule has 0 aromatic carbocycles. The van der Waals surface area contributed by atoms with Gasteiger partial charge in [0.2, 0.25) is 0 Å². The number of rotatable bonds is 4. The summed E-state index contributed by atoms with van der Waals surface area (Å²) in [6, 6.07) is -5.15. The minimum Gasteiger partial charge on any atom is -0.200 e. The first-order valence-corrected chi connectivity index (χ1v) is 8.63. The van der Waals surface area contributed by atoms with Crippen LogP contribution in [0.5, 0.6) is 0 Å². The first-order valence-electron chi connectivity index (χ1n) is 3.60. The van der Waals surface area contributed by atoms with Crippen LogP contribution in [0.2, 0.25) is 0 Å². The van der Waals surface area contributed by atoms with Crippen LogP contribution in [-0.2, 0) is 0 Å². The highest BCUT2D eigenvalue weighted by Crippen LogP contribution is 2.49. The Balaban J connectivity index is 4.79. The summed E-state index contributed by atoms with van der Waals surface area (Å²) in [5.41, 5.74) is -5.05. The summed E-state index contributed by atoms with van der Waals surface area (Å²) < 4.78 is 86.0. The van der Waals surface area contributed by atoms with Crippen molar-refractivity contribution in [3.05, 3.63) is 0 Å². The molecule has 0 fully saturated rings. The molecule has 0 aromatic rings. The molecule has 0 saturated carbocycles. The molecule has 0 N–H and O–H groups in total. The Kier molecular flexibility index (Phi) is 4.87. The van der Waals surface area contributed by atoms with Crippen molar-refractivity contribution in [2.75, 3.05) is 0 Å². The van der Waals surface area contributed by atoms with Crippen LogP contribution < -0.4 is 0 Å². The van der Waals surface area contributed by atoms with E-state index in [2.05, 4.69) is 0 Å². The van der Waals surface area contributed by atoms with Crippen molar-refractivity contribution in [2.24, 2.45) is 0 Å². The zero-order chi connectivity index (χ0) is 13.4. The van der Waals surface area contributed by atoms with Gasteiger partial charge in [-0.2, -0.15) is 22.0 Å². The molecule has 0 amide bonds. The van der Waals surface area contributed by atoms with Crippen LogP contribution in [0.15, 0.2) is 0 Å². The molecule has 0 aliphatic carbocycles. The smallest absolute Gasteiger partial charge is 0.200 e. The molecule has 98 valence electrons. The predicted octanol–water partition coefficient (Wildman–Crippen LogP) is 4.79. The number of alkyl halides is 7. The molecule has 0 bridgehead atoms. The van der Waals surface area contributed by atoms with E-state index in [1.54, 1.807) is 0 Å². The van der Waals surface area contributed by atoms with Gasteiger partial charge in [0.1, 0.15) is 0 Å². The molecule has 0 aromatic heterocycles. The summed E-state index contributed by atoms with van der Waals surface area (Å²) in [6.07, 6.45) is -9.18. The minimum atomic E-state index is -5.15. The lowest BCUT2D eigenvalue weighted by molar-refractivity contribution is -0.193. The molecule has 16 heavy (non-hydrogen) atoms. The number of hydrogen-bond donors (Lipinski definition) is 0. The molecule has 0 rings (SSSR count). The van der Waals surface area contributed by atoms with Gasteiger partial charge in [-0.25, -0.2) is 8.78 Å². The fourth-order valence-electron chi connectivity index (χ4n) is 0.663. The second-order valence-corrected chi connectivity index (χ2v) is 11.4. The number of halogens is 10. The molecular formula is C5H4Cl3F7Si. The highest BCUT2D eigenvalue weighted by Gasteiger charge is 2.70. The largest absolute Gasteiger partial charge is 0.424 e. The highest BCUT2D eigenvalue weighted by molar-refractivity contribution is 7.65. The molecule has 0 heterocycles. The zero-order valence-electron chi connectivity index (χ0n) is 7.19. The van der Waals surface area contributed by atoms with Gasteiger partial charge in [-0.05, 0) is 0 Å². The Morgan fingerprint density at radius 1 is 0.750 bits per heavy atom. The predicted molar refractivity (Wildman–Crippen MR) is 48.5 cm³/mol. The van der Waals surface area contributed by atoms with Gasteiger partial charge in [0.05, 0.1) is 0 Å². The molecule has 11 heteroatoms. The van der Waals surface area contributed by atoms with Gasteiger partial charge in [0, 0.05) is 12.8 Å². The minimum absolute atomic E-state index is 2.08. The fraction of sp³-hybridized carbons (Fsp3) is 1.00. The molecule has 0 aliphatic heterocycles. The first kappa shape index (κ1) is 16.6. The Labute approximate surface area is 101 Å². The van der Waals surface area contributed by atoms with Crippen molar-refractivity contribution in [1.82, 2.24) is 0 Å². The summed E-state index contributed by atoms with van der Waals surface area (Å²) >= 11 is 14.2. The lowest BCUT2D eigenvalue weighted by Gasteiger charge is -2.30. The molecule has 0 atom stereocenters. The molecule has 0 nitrogen and oxygen atoms in total. The van der Waals surface area contributed by atoms with Crippen LogP contribution in [0.25, 0.3) is 0 Å². The van der Waals surface area contributed by atoms with Gasteiger partial charge in [-0.15, -0.1) is 33.2 Å². The Hall–Kier alpha value is 0.597. The zero-order valence-corrected chi connectivity index (χ0v) is 10.5. The topological polar surface area (TPSA) is 0 Å². The van der Waals surface area contributed by atoms with Crippen LogP contribution >= 0.6 is 33.2 Å². The first-order chi connectivity index (χ1) is 6.71. The molecule has 0 unspecified atom stereocenters. The third kappa shape index (κ3) is 4.12. The maximum absolute atomic E-state index is 12.8. The van der Waals surface area contributed by atoms with E-state index in [9.17, 15) is 30.7 Å². The third-order valence-electron chi connectivity index (χ3n) is 1.54. The van der Waals surface area contributed by atoms with Gasteiger partial charge in [0.25, 0.3) is 0 Å². The monoisotopic (exact) mass is 330 g/mol. The second-order valence-electron chi connectivity index (χ2n) is 2.89. The second kappa shape index (κ2) is 4.70. The van der Waals surface area contributed by atoms with Crippen molar-refractivity contribution >= 4 is 39.2 Å². The van der Waals surface area contributed by atoms with Gasteiger partial charge in [0.15, 0.2) is 0 Å². The van der Waals surface area contributed by atoms with Crippen molar-refractivity contribution in [3.63, 3.8) is 0 Å². The average molecular weight is 332 g/mol. The molecule has 0 spiro atoms. The normalized spacial score (nSPS) is 15.4. The van der Waals surface area contributed by atoms with E-state index in [1.165, 1.54) is 0 Å². The van der Waals surface area contributed by atoms with Crippen LogP contribution in [0.4, 0.5) is 30.7 Å². The summed E-state index contributed by atoms with van der Waals surface area (Å²) in [5, 5.41) is 0. The van der Waals surface area contributed by atoms with Crippen LogP contribution in [0.1, 0.15) is 12.8 Å². The average Bonchev–Trinajstić information content (AvgIpc) is 1.97. The summed E-state index contributed by atoms with van der Waals surface area (Å²) in [6.45, 7) is 0. The van der Waals surface area contributed by atoms with Crippen LogP contribution in [-0.4, -0.2) is 23.6 Å². The van der Waals surface area contributed by atoms with Crippen molar-refractivity contribution in [2.45, 2.75) is 30.5 Å². The van der Waals surface area contributed by atoms with E-state index in [0.717, 1.165) is 0 Å². The third-order valence-corrected chi connectivity index (χ3v) is 4.75. The van der Waals surface area contributed by atoms with E-state index >= 15 is 0 Å².